The monoisotopic (exact) mass is 368 g/mol. The summed E-state index contributed by atoms with van der Waals surface area (Å²) in [6.07, 6.45) is -2.15. The van der Waals surface area contributed by atoms with Crippen LogP contribution in [0, 0.1) is 5.82 Å². The number of alkyl halides is 3. The molecule has 0 aliphatic heterocycles. The number of pyridine rings is 1. The zero-order valence-electron chi connectivity index (χ0n) is 13.5. The summed E-state index contributed by atoms with van der Waals surface area (Å²) >= 11 is 0. The van der Waals surface area contributed by atoms with Crippen molar-refractivity contribution in [2.75, 3.05) is 5.32 Å². The van der Waals surface area contributed by atoms with Gasteiger partial charge in [0.05, 0.1) is 40.9 Å². The number of nitrogens with two attached hydrogens (primary N) is 1. The van der Waals surface area contributed by atoms with Crippen LogP contribution in [0.15, 0.2) is 36.5 Å². The molecule has 1 heterocycles. The van der Waals surface area contributed by atoms with E-state index in [1.54, 1.807) is 0 Å². The van der Waals surface area contributed by atoms with E-state index >= 15 is 0 Å². The second-order valence-corrected chi connectivity index (χ2v) is 6.16. The van der Waals surface area contributed by atoms with Crippen molar-refractivity contribution in [1.82, 2.24) is 10.3 Å². The van der Waals surface area contributed by atoms with Crippen LogP contribution in [0.3, 0.4) is 0 Å². The van der Waals surface area contributed by atoms with E-state index in [9.17, 15) is 22.4 Å². The van der Waals surface area contributed by atoms with E-state index in [1.807, 2.05) is 0 Å². The third-order valence-corrected chi connectivity index (χ3v) is 4.08. The van der Waals surface area contributed by atoms with Crippen molar-refractivity contribution < 1.29 is 22.4 Å². The van der Waals surface area contributed by atoms with Crippen LogP contribution in [-0.2, 0) is 17.5 Å². The van der Waals surface area contributed by atoms with Crippen LogP contribution < -0.4 is 16.4 Å². The smallest absolute Gasteiger partial charge is 0.351 e. The number of nitrogens with zero attached hydrogens (tertiary/aromatic N) is 1. The van der Waals surface area contributed by atoms with Gasteiger partial charge in [0, 0.05) is 0 Å². The van der Waals surface area contributed by atoms with Crippen LogP contribution >= 0.6 is 0 Å². The summed E-state index contributed by atoms with van der Waals surface area (Å²) in [6.45, 7) is 0.144. The molecule has 1 aromatic carbocycles. The third-order valence-electron chi connectivity index (χ3n) is 4.08. The average molecular weight is 368 g/mol. The highest BCUT2D eigenvalue weighted by Gasteiger charge is 2.45. The van der Waals surface area contributed by atoms with Gasteiger partial charge in [-0.15, -0.1) is 0 Å². The van der Waals surface area contributed by atoms with E-state index in [4.69, 9.17) is 5.73 Å². The van der Waals surface area contributed by atoms with Crippen LogP contribution in [0.5, 0.6) is 0 Å². The van der Waals surface area contributed by atoms with Crippen molar-refractivity contribution in [1.29, 1.82) is 0 Å². The molecule has 0 radical (unpaired) electrons. The number of halogens is 4. The Kier molecular flexibility index (Phi) is 4.57. The highest BCUT2D eigenvalue weighted by molar-refractivity contribution is 5.88. The number of carbonyl (C=O) groups is 1. The first-order valence-electron chi connectivity index (χ1n) is 7.84. The molecule has 1 fully saturated rings. The molecule has 1 aliphatic rings. The van der Waals surface area contributed by atoms with Gasteiger partial charge in [-0.1, -0.05) is 6.07 Å². The lowest BCUT2D eigenvalue weighted by atomic mass is 10.1. The topological polar surface area (TPSA) is 80.0 Å². The van der Waals surface area contributed by atoms with Crippen molar-refractivity contribution in [2.45, 2.75) is 31.1 Å². The minimum atomic E-state index is -4.69. The van der Waals surface area contributed by atoms with Crippen LogP contribution in [0.4, 0.5) is 28.9 Å². The Bertz CT molecular complexity index is 817. The molecular weight excluding hydrogens is 352 g/mol. The number of nitrogens with one attached hydrogen (secondary N) is 2. The summed E-state index contributed by atoms with van der Waals surface area (Å²) in [5.41, 5.74) is 3.88. The highest BCUT2D eigenvalue weighted by atomic mass is 19.4. The Labute approximate surface area is 146 Å². The summed E-state index contributed by atoms with van der Waals surface area (Å²) in [5.74, 6) is -1.28. The van der Waals surface area contributed by atoms with Gasteiger partial charge in [-0.3, -0.25) is 9.78 Å². The fraction of sp³-hybridized carbons (Fsp3) is 0.294. The Morgan fingerprint density at radius 3 is 2.54 bits per heavy atom. The minimum absolute atomic E-state index is 0.144. The third kappa shape index (κ3) is 3.93. The van der Waals surface area contributed by atoms with Crippen LogP contribution in [0.25, 0.3) is 0 Å². The molecule has 0 saturated heterocycles. The molecular formula is C17H16F4N4O. The second kappa shape index (κ2) is 6.56. The molecule has 9 heteroatoms. The molecule has 4 N–H and O–H groups in total. The van der Waals surface area contributed by atoms with E-state index in [2.05, 4.69) is 15.6 Å². The Morgan fingerprint density at radius 2 is 1.96 bits per heavy atom. The summed E-state index contributed by atoms with van der Waals surface area (Å²) in [4.78, 5) is 15.8. The Morgan fingerprint density at radius 1 is 1.23 bits per heavy atom. The lowest BCUT2D eigenvalue weighted by Gasteiger charge is -2.15. The summed E-state index contributed by atoms with van der Waals surface area (Å²) in [7, 11) is 0. The van der Waals surface area contributed by atoms with Crippen molar-refractivity contribution >= 4 is 17.3 Å². The standard InChI is InChI=1S/C17H16F4N4O/c18-13-3-1-2-12(17(19,20)21)14(13)25-11-5-4-10(23-9-11)8-24-15(26)16(22)6-7-16/h1-5,9,25H,6-8,22H2,(H,24,26). The van der Waals surface area contributed by atoms with Gasteiger partial charge in [-0.25, -0.2) is 4.39 Å². The fourth-order valence-corrected chi connectivity index (χ4v) is 2.34. The largest absolute Gasteiger partial charge is 0.418 e. The maximum atomic E-state index is 13.8. The minimum Gasteiger partial charge on any atom is -0.351 e. The molecule has 2 aromatic rings. The van der Waals surface area contributed by atoms with Crippen molar-refractivity contribution in [3.8, 4) is 0 Å². The molecule has 138 valence electrons. The lowest BCUT2D eigenvalue weighted by molar-refractivity contribution is -0.137. The number of anilines is 2. The molecule has 0 unspecified atom stereocenters. The van der Waals surface area contributed by atoms with E-state index in [0.717, 1.165) is 18.2 Å². The number of para-hydroxylation sites is 1. The van der Waals surface area contributed by atoms with Gasteiger partial charge in [0.2, 0.25) is 5.91 Å². The zero-order valence-corrected chi connectivity index (χ0v) is 13.5. The Hall–Kier alpha value is -2.68. The fourth-order valence-electron chi connectivity index (χ4n) is 2.34. The van der Waals surface area contributed by atoms with E-state index in [1.165, 1.54) is 18.3 Å². The van der Waals surface area contributed by atoms with E-state index < -0.39 is 28.8 Å². The molecule has 0 bridgehead atoms. The van der Waals surface area contributed by atoms with Gasteiger partial charge in [-0.05, 0) is 37.1 Å². The first-order valence-corrected chi connectivity index (χ1v) is 7.84. The number of hydrogen-bond acceptors (Lipinski definition) is 4. The Balaban J connectivity index is 1.69. The number of amides is 1. The van der Waals surface area contributed by atoms with Crippen molar-refractivity contribution in [3.05, 3.63) is 53.6 Å². The molecule has 0 spiro atoms. The zero-order chi connectivity index (χ0) is 18.9. The maximum absolute atomic E-state index is 13.8. The van der Waals surface area contributed by atoms with Gasteiger partial charge in [0.25, 0.3) is 0 Å². The number of benzene rings is 1. The lowest BCUT2D eigenvalue weighted by Crippen LogP contribution is -2.42. The first-order chi connectivity index (χ1) is 12.2. The maximum Gasteiger partial charge on any atom is 0.418 e. The predicted molar refractivity (Wildman–Crippen MR) is 86.9 cm³/mol. The molecule has 1 aromatic heterocycles. The average Bonchev–Trinajstić information content (AvgIpc) is 3.33. The molecule has 1 amide bonds. The SMILES string of the molecule is NC1(C(=O)NCc2ccc(Nc3c(F)cccc3C(F)(F)F)cn2)CC1. The molecule has 5 nitrogen and oxygen atoms in total. The van der Waals surface area contributed by atoms with Crippen LogP contribution in [0.1, 0.15) is 24.1 Å². The van der Waals surface area contributed by atoms with Crippen LogP contribution in [-0.4, -0.2) is 16.4 Å². The van der Waals surface area contributed by atoms with Gasteiger partial charge >= 0.3 is 6.18 Å². The molecule has 26 heavy (non-hydrogen) atoms. The highest BCUT2D eigenvalue weighted by Crippen LogP contribution is 2.37. The summed E-state index contributed by atoms with van der Waals surface area (Å²) in [6, 6.07) is 5.71. The van der Waals surface area contributed by atoms with Gasteiger partial charge in [-0.2, -0.15) is 13.2 Å². The van der Waals surface area contributed by atoms with Gasteiger partial charge < -0.3 is 16.4 Å². The van der Waals surface area contributed by atoms with Crippen LogP contribution in [0.2, 0.25) is 0 Å². The molecule has 1 saturated carbocycles. The normalized spacial score (nSPS) is 15.4. The quantitative estimate of drug-likeness (QED) is 0.709. The van der Waals surface area contributed by atoms with Gasteiger partial charge in [0.1, 0.15) is 5.82 Å². The van der Waals surface area contributed by atoms with Crippen molar-refractivity contribution in [3.63, 3.8) is 0 Å². The second-order valence-electron chi connectivity index (χ2n) is 6.16. The van der Waals surface area contributed by atoms with Gasteiger partial charge in [0.15, 0.2) is 0 Å². The first kappa shape index (κ1) is 18.1. The summed E-state index contributed by atoms with van der Waals surface area (Å²) < 4.78 is 52.8. The van der Waals surface area contributed by atoms with E-state index in [0.29, 0.717) is 18.5 Å². The number of rotatable bonds is 5. The molecule has 1 aliphatic carbocycles. The van der Waals surface area contributed by atoms with Crippen molar-refractivity contribution in [2.24, 2.45) is 5.73 Å². The molecule has 3 rings (SSSR count). The predicted octanol–water partition coefficient (Wildman–Crippen LogP) is 3.09. The summed E-state index contributed by atoms with van der Waals surface area (Å²) in [5, 5.41) is 5.06. The van der Waals surface area contributed by atoms with E-state index in [-0.39, 0.29) is 18.1 Å². The number of carbonyl (C=O) groups excluding carboxylic acids is 1. The molecule has 0 atom stereocenters. The number of hydrogen-bond donors (Lipinski definition) is 3. The number of aromatic nitrogens is 1.